The van der Waals surface area contributed by atoms with Gasteiger partial charge in [-0.2, -0.15) is 0 Å². The second kappa shape index (κ2) is 32.9. The van der Waals surface area contributed by atoms with Gasteiger partial charge in [0.1, 0.15) is 29.6 Å². The summed E-state index contributed by atoms with van der Waals surface area (Å²) in [6.45, 7) is -41.4. The van der Waals surface area contributed by atoms with Crippen LogP contribution in [0.15, 0.2) is 91.7 Å². The number of halogens is 5. The maximum Gasteiger partial charge on any atom is 0.410 e. The third kappa shape index (κ3) is 24.8. The molecule has 0 atom stereocenters. The van der Waals surface area contributed by atoms with Crippen molar-refractivity contribution in [3.8, 4) is 0 Å². The van der Waals surface area contributed by atoms with Crippen LogP contribution in [0.1, 0.15) is 150 Å². The largest absolute Gasteiger partial charge is 0.478 e. The Labute approximate surface area is 540 Å². The number of hydrogen-bond acceptors (Lipinski definition) is 14. The molecule has 4 aliphatic heterocycles. The Morgan fingerprint density at radius 2 is 0.818 bits per heavy atom. The van der Waals surface area contributed by atoms with Crippen molar-refractivity contribution in [2.45, 2.75) is 71.9 Å². The second-order valence-electron chi connectivity index (χ2n) is 15.9. The molecule has 4 aromatic rings. The van der Waals surface area contributed by atoms with Crippen LogP contribution in [0.25, 0.3) is 0 Å². The van der Waals surface area contributed by atoms with E-state index in [1.165, 1.54) is 84.1 Å². The average molecular weight is 1380 g/mol. The highest BCUT2D eigenvalue weighted by Crippen LogP contribution is 2.17. The zero-order valence-corrected chi connectivity index (χ0v) is 47.9. The molecule has 0 unspecified atom stereocenters. The van der Waals surface area contributed by atoms with Crippen molar-refractivity contribution in [2.75, 3.05) is 97.9 Å². The fourth-order valence-corrected chi connectivity index (χ4v) is 5.49. The van der Waals surface area contributed by atoms with Crippen molar-refractivity contribution >= 4 is 112 Å². The Balaban J connectivity index is 0.000000372. The highest BCUT2D eigenvalue weighted by Gasteiger charge is 2.29. The van der Waals surface area contributed by atoms with Crippen molar-refractivity contribution in [2.24, 2.45) is 0 Å². The van der Waals surface area contributed by atoms with E-state index in [1.54, 1.807) is 11.4 Å². The maximum absolute atomic E-state index is 12.9. The van der Waals surface area contributed by atoms with Crippen LogP contribution in [0, 0.1) is 0 Å². The average Bonchev–Trinajstić information content (AvgIpc) is 0.688. The van der Waals surface area contributed by atoms with E-state index >= 15 is 0 Å². The van der Waals surface area contributed by atoms with E-state index in [4.69, 9.17) is 62.6 Å². The lowest BCUT2D eigenvalue weighted by molar-refractivity contribution is 0.0140. The van der Waals surface area contributed by atoms with Crippen LogP contribution in [0.3, 0.4) is 0 Å². The van der Waals surface area contributed by atoms with Crippen LogP contribution >= 0.6 is 76.1 Å². The van der Waals surface area contributed by atoms with Gasteiger partial charge in [-0.1, -0.05) is 0 Å². The summed E-state index contributed by atoms with van der Waals surface area (Å²) >= 11 is 12.2. The van der Waals surface area contributed by atoms with Crippen LogP contribution in [0.4, 0.5) is 9.59 Å². The van der Waals surface area contributed by atoms with Gasteiger partial charge in [0.05, 0.1) is 44.2 Å². The van der Waals surface area contributed by atoms with E-state index in [1.807, 2.05) is 0 Å². The molecule has 2 N–H and O–H groups in total. The number of rotatable bonds is 4. The molecule has 77 heavy (non-hydrogen) atoms. The highest BCUT2D eigenvalue weighted by atomic mass is 79.9. The number of amides is 5. The molecule has 4 fully saturated rings. The molecule has 8 rings (SSSR count). The molecule has 422 valence electrons. The summed E-state index contributed by atoms with van der Waals surface area (Å²) in [4.78, 5) is 87.0. The second-order valence-corrected chi connectivity index (χ2v) is 19.2. The number of aromatic carboxylic acids is 1. The van der Waals surface area contributed by atoms with Crippen LogP contribution in [0.2, 0.25) is 0 Å². The summed E-state index contributed by atoms with van der Waals surface area (Å²) in [5.41, 5.74) is -2.89. The monoisotopic (exact) mass is 1380 g/mol. The molecular weight excluding hydrogens is 1280 g/mol. The molecule has 5 amide bonds. The zero-order chi connectivity index (χ0) is 87.2. The first-order valence-electron chi connectivity index (χ1n) is 38.5. The first-order valence-corrected chi connectivity index (χ1v) is 24.1. The predicted octanol–water partition coefficient (Wildman–Crippen LogP) is 9.03. The van der Waals surface area contributed by atoms with Gasteiger partial charge in [0.15, 0.2) is 0 Å². The summed E-state index contributed by atoms with van der Waals surface area (Å²) in [7, 11) is 0. The van der Waals surface area contributed by atoms with Crippen LogP contribution < -0.4 is 5.32 Å². The van der Waals surface area contributed by atoms with Crippen LogP contribution in [-0.4, -0.2) is 199 Å². The van der Waals surface area contributed by atoms with Gasteiger partial charge in [-0.25, -0.2) is 34.3 Å². The minimum atomic E-state index is -3.59. The lowest BCUT2D eigenvalue weighted by atomic mass is 10.1. The molecule has 4 aliphatic rings. The predicted molar refractivity (Wildman–Crippen MR) is 309 cm³/mol. The number of nitrogens with zero attached hydrogens (tertiary/aromatic N) is 10. The van der Waals surface area contributed by atoms with Crippen molar-refractivity contribution < 1.29 is 91.3 Å². The van der Waals surface area contributed by atoms with Crippen molar-refractivity contribution in [1.82, 2.24) is 54.7 Å². The van der Waals surface area contributed by atoms with Gasteiger partial charge >= 0.3 is 18.2 Å². The summed E-state index contributed by atoms with van der Waals surface area (Å²) in [6.07, 6.45) is -5.26. The minimum absolute atomic E-state index is 0. The quantitative estimate of drug-likeness (QED) is 0.182. The minimum Gasteiger partial charge on any atom is -0.478 e. The molecule has 0 radical (unpaired) electrons. The van der Waals surface area contributed by atoms with E-state index in [-0.39, 0.29) is 59.2 Å². The number of carbonyl (C=O) groups is 6. The third-order valence-electron chi connectivity index (χ3n) is 7.77. The Hall–Kier alpha value is -4.85. The Kier molecular flexibility index (Phi) is 13.1. The number of ether oxygens (including phenoxy) is 2. The molecule has 4 saturated heterocycles. The third-order valence-corrected chi connectivity index (χ3v) is 9.65. The molecule has 0 saturated carbocycles. The zero-order valence-electron chi connectivity index (χ0n) is 75.7. The van der Waals surface area contributed by atoms with E-state index in [0.29, 0.717) is 18.4 Å². The van der Waals surface area contributed by atoms with Gasteiger partial charge in [-0.05, 0) is 180 Å². The topological polar surface area (TPSA) is 224 Å². The van der Waals surface area contributed by atoms with Crippen LogP contribution in [0.5, 0.6) is 0 Å². The number of likely N-dealkylation sites (tertiary alicyclic amines) is 1. The fourth-order valence-electron chi connectivity index (χ4n) is 4.55. The first-order chi connectivity index (χ1) is 49.1. The summed E-state index contributed by atoms with van der Waals surface area (Å²) < 4.78 is 287. The molecule has 0 aliphatic carbocycles. The van der Waals surface area contributed by atoms with Gasteiger partial charge in [-0.15, -0.1) is 12.4 Å². The number of carboxylic acids is 1. The molecule has 4 aromatic heterocycles. The molecule has 0 bridgehead atoms. The number of piperidine rings is 1. The summed E-state index contributed by atoms with van der Waals surface area (Å²) in [5.74, 6) is -4.90. The lowest BCUT2D eigenvalue weighted by Crippen LogP contribution is -2.51. The van der Waals surface area contributed by atoms with E-state index in [0.717, 1.165) is 24.7 Å². The molecule has 0 spiro atoms. The number of pyridine rings is 4. The number of hydrogen-bond donors (Lipinski definition) is 2. The number of aromatic nitrogens is 4. The normalized spacial score (nSPS) is 33.0. The van der Waals surface area contributed by atoms with Crippen LogP contribution in [-0.2, 0) is 9.47 Å². The van der Waals surface area contributed by atoms with Gasteiger partial charge in [0.25, 0.3) is 17.7 Å². The standard InChI is InChI=1S/C15H20BrN3O3.C11H14BrN3O.C10H12BrN3O.C10H19NO2.C6H4BrNO2.ClH/c1-15(2,3)22-14(21)19-8-6-18(7-9-19)13(20)11-4-5-12(16)17-10-11;1-14-4-6-15(7-5-14)11(16)9-2-3-10(12)13-8-9;11-9-2-1-8(7-13-9)10(15)14-5-3-12-4-6-14;1-10(2,3)13-9(12)11-7-5-4-6-8-11;7-5-2-1-4(3-8-5)6(9)10;/h4-5,10H,6-9H2,1-3H3;2-3,8H,4-7H2,1H3;1-2,7,12H,3-6H2;4-8H2,1-3H3;1-3H,(H,9,10);1H/i6D2,7D2,8D2,9D2;1D3,4D2,5D2,6D2,7D2;3D2,4D2,5D2,6D2;5D2,6D2,7D2,8D2;;. The van der Waals surface area contributed by atoms with Crippen molar-refractivity contribution in [3.63, 3.8) is 0 Å². The van der Waals surface area contributed by atoms with Gasteiger partial charge in [0.2, 0.25) is 0 Å². The number of piperazine rings is 3. The number of carboxylic acid groups (broad SMARTS) is 1. The van der Waals surface area contributed by atoms with E-state index in [9.17, 15) is 28.8 Å². The van der Waals surface area contributed by atoms with Gasteiger partial charge in [0, 0.05) is 142 Å². The summed E-state index contributed by atoms with van der Waals surface area (Å²) in [6, 6.07) is 10.7. The lowest BCUT2D eigenvalue weighted by Gasteiger charge is -2.35. The van der Waals surface area contributed by atoms with Gasteiger partial charge < -0.3 is 49.3 Å². The Bertz CT molecular complexity index is 4010. The SMILES string of the molecule is Cl.O=C(O)c1ccc(Br)nc1.[2H]C([2H])([2H])N1C([2H])([2H])C([2H])([2H])N(C(=O)c2ccc(Br)nc2)C([2H])([2H])C1([2H])[2H].[2H]C1([2H])CC([2H])([2H])C([2H])([2H])N(C(=O)OC(C)(C)C)C1([2H])[2H].[2H]C1([2H])N(C(=O)OC(C)(C)C)C([2H])([2H])C([2H])([2H])N(C(=O)c2ccc(Br)nc2)C1([2H])[2H].[2H]C1([2H])NC([2H])([2H])C([2H])([2H])N(C(=O)c2ccc(Br)nc2)C1([2H])[2H]. The number of nitrogens with one attached hydrogen (secondary N) is 1. The van der Waals surface area contributed by atoms with Gasteiger partial charge in [-0.3, -0.25) is 14.4 Å². The molecule has 8 heterocycles. The van der Waals surface area contributed by atoms with Crippen molar-refractivity contribution in [3.05, 3.63) is 114 Å². The smallest absolute Gasteiger partial charge is 0.410 e. The maximum atomic E-state index is 12.9. The molecule has 0 aromatic carbocycles. The van der Waals surface area contributed by atoms with Crippen molar-refractivity contribution in [1.29, 1.82) is 0 Å². The molecule has 20 nitrogen and oxygen atoms in total. The van der Waals surface area contributed by atoms with E-state index < -0.39 is 169 Å². The number of carbonyl (C=O) groups excluding carboxylic acids is 5. The molecular formula is C52H70Br4ClN11O9. The number of likely N-dealkylation sites (N-methyl/N-ethyl adjacent to an activating group) is 1. The Morgan fingerprint density at radius 1 is 0.506 bits per heavy atom. The fraction of sp³-hybridized carbons (Fsp3) is 0.500. The van der Waals surface area contributed by atoms with E-state index in [2.05, 4.69) is 83.7 Å². The highest BCUT2D eigenvalue weighted by molar-refractivity contribution is 9.11. The first kappa shape index (κ1) is 30.7. The summed E-state index contributed by atoms with van der Waals surface area (Å²) in [5, 5.41) is 10.1. The Morgan fingerprint density at radius 3 is 1.13 bits per heavy atom. The molecule has 25 heteroatoms.